The fourth-order valence-electron chi connectivity index (χ4n) is 0.410. The molecule has 0 unspecified atom stereocenters. The van der Waals surface area contributed by atoms with Gasteiger partial charge in [-0.05, 0) is 21.1 Å². The minimum absolute atomic E-state index is 0.109. The second kappa shape index (κ2) is 18.3. The molecule has 0 saturated carbocycles. The van der Waals surface area contributed by atoms with E-state index >= 15 is 0 Å². The average Bonchev–Trinajstić information content (AvgIpc) is 2.38. The molecule has 1 rings (SSSR count). The van der Waals surface area contributed by atoms with E-state index in [0.29, 0.717) is 0 Å². The quantitative estimate of drug-likeness (QED) is 0.467. The first kappa shape index (κ1) is 19.1. The second-order valence-corrected chi connectivity index (χ2v) is 1.43. The van der Waals surface area contributed by atoms with Crippen molar-refractivity contribution in [2.24, 2.45) is 17.2 Å². The third kappa shape index (κ3) is 12.4. The van der Waals surface area contributed by atoms with Crippen LogP contribution in [0.15, 0.2) is 18.7 Å². The van der Waals surface area contributed by atoms with E-state index in [1.54, 1.807) is 0 Å². The molecule has 0 aliphatic rings. The van der Waals surface area contributed by atoms with Crippen molar-refractivity contribution >= 4 is 5.97 Å². The molecule has 0 saturated heterocycles. The molecule has 0 spiro atoms. The third-order valence-electron chi connectivity index (χ3n) is 0.808. The Hall–Kier alpha value is -1.57. The Balaban J connectivity index is -0.000000208. The van der Waals surface area contributed by atoms with Gasteiger partial charge in [-0.1, -0.05) is 0 Å². The van der Waals surface area contributed by atoms with E-state index in [1.165, 1.54) is 39.9 Å². The number of carboxylic acid groups (broad SMARTS) is 1. The van der Waals surface area contributed by atoms with Crippen molar-refractivity contribution in [1.29, 1.82) is 0 Å². The van der Waals surface area contributed by atoms with Gasteiger partial charge in [0.25, 0.3) is 0 Å². The Labute approximate surface area is 89.3 Å². The Kier molecular flexibility index (Phi) is 23.2. The summed E-state index contributed by atoms with van der Waals surface area (Å²) in [6.07, 6.45) is 3.77. The zero-order valence-electron chi connectivity index (χ0n) is 9.21. The summed E-state index contributed by atoms with van der Waals surface area (Å²) in [6, 6.07) is 0. The van der Waals surface area contributed by atoms with Gasteiger partial charge < -0.3 is 22.3 Å². The van der Waals surface area contributed by atoms with Crippen LogP contribution in [0.5, 0.6) is 0 Å². The molecule has 7 nitrogen and oxygen atoms in total. The van der Waals surface area contributed by atoms with Crippen LogP contribution in [0, 0.1) is 0 Å². The molecule has 7 heteroatoms. The van der Waals surface area contributed by atoms with Crippen molar-refractivity contribution < 1.29 is 9.90 Å². The number of aromatic nitrogens is 2. The summed E-state index contributed by atoms with van der Waals surface area (Å²) >= 11 is 0. The number of nitrogens with two attached hydrogens (primary N) is 3. The smallest absolute Gasteiger partial charge is 0.338 e. The van der Waals surface area contributed by atoms with Crippen molar-refractivity contribution in [3.8, 4) is 0 Å². The van der Waals surface area contributed by atoms with Crippen molar-refractivity contribution in [2.45, 2.75) is 0 Å². The number of rotatable bonds is 1. The van der Waals surface area contributed by atoms with E-state index < -0.39 is 5.97 Å². The highest BCUT2D eigenvalue weighted by molar-refractivity contribution is 5.86. The minimum atomic E-state index is -1.00. The van der Waals surface area contributed by atoms with Gasteiger partial charge in [0.15, 0.2) is 0 Å². The van der Waals surface area contributed by atoms with Gasteiger partial charge in [0.1, 0.15) is 6.33 Å². The molecule has 1 aromatic rings. The van der Waals surface area contributed by atoms with E-state index in [9.17, 15) is 4.79 Å². The molecule has 0 aliphatic carbocycles. The van der Waals surface area contributed by atoms with Crippen LogP contribution >= 0.6 is 0 Å². The molecule has 1 aromatic heterocycles. The lowest BCUT2D eigenvalue weighted by Gasteiger charge is -1.86. The Bertz CT molecular complexity index is 218. The zero-order chi connectivity index (χ0) is 12.7. The van der Waals surface area contributed by atoms with E-state index in [4.69, 9.17) is 5.11 Å². The number of aromatic carboxylic acids is 1. The number of carbonyl (C=O) groups is 1. The highest BCUT2D eigenvalue weighted by Gasteiger charge is 1.98. The summed E-state index contributed by atoms with van der Waals surface area (Å²) < 4.78 is 0. The first-order valence-corrected chi connectivity index (χ1v) is 4.02. The zero-order valence-corrected chi connectivity index (χ0v) is 9.21. The summed E-state index contributed by atoms with van der Waals surface area (Å²) in [5.74, 6) is -1.00. The topological polar surface area (TPSA) is 141 Å². The number of hydrogen-bond donors (Lipinski definition) is 4. The van der Waals surface area contributed by atoms with Gasteiger partial charge in [0, 0.05) is 12.4 Å². The molecule has 1 heterocycles. The van der Waals surface area contributed by atoms with Crippen LogP contribution in [0.2, 0.25) is 0 Å². The van der Waals surface area contributed by atoms with Crippen LogP contribution < -0.4 is 17.2 Å². The molecule has 0 aromatic carbocycles. The van der Waals surface area contributed by atoms with Crippen LogP contribution in [0.25, 0.3) is 0 Å². The van der Waals surface area contributed by atoms with Crippen LogP contribution in [0.3, 0.4) is 0 Å². The van der Waals surface area contributed by atoms with Crippen LogP contribution in [-0.2, 0) is 0 Å². The molecular weight excluding hydrogens is 198 g/mol. The van der Waals surface area contributed by atoms with E-state index in [1.807, 2.05) is 0 Å². The summed E-state index contributed by atoms with van der Waals surface area (Å²) in [7, 11) is 4.50. The highest BCUT2D eigenvalue weighted by atomic mass is 16.4. The van der Waals surface area contributed by atoms with Gasteiger partial charge >= 0.3 is 5.97 Å². The third-order valence-corrected chi connectivity index (χ3v) is 0.808. The molecule has 0 amide bonds. The predicted molar refractivity (Wildman–Crippen MR) is 59.3 cm³/mol. The first-order valence-electron chi connectivity index (χ1n) is 4.02. The maximum atomic E-state index is 10.1. The molecule has 0 aliphatic heterocycles. The Morgan fingerprint density at radius 2 is 1.40 bits per heavy atom. The number of carboxylic acids is 1. The van der Waals surface area contributed by atoms with Gasteiger partial charge in [-0.15, -0.1) is 0 Å². The van der Waals surface area contributed by atoms with Crippen molar-refractivity contribution in [1.82, 2.24) is 9.97 Å². The monoisotopic (exact) mass is 217 g/mol. The molecule has 0 atom stereocenters. The van der Waals surface area contributed by atoms with Crippen LogP contribution in [-0.4, -0.2) is 42.2 Å². The molecule has 7 N–H and O–H groups in total. The van der Waals surface area contributed by atoms with Crippen molar-refractivity contribution in [3.05, 3.63) is 24.3 Å². The fourth-order valence-corrected chi connectivity index (χ4v) is 0.410. The standard InChI is InChI=1S/C5H4N2O2.3CH5N/c8-5(9)4-1-6-3-7-2-4;3*1-2/h1-3H,(H,8,9);3*2H2,1H3. The number of hydrogen-bond acceptors (Lipinski definition) is 6. The van der Waals surface area contributed by atoms with Gasteiger partial charge in [-0.25, -0.2) is 14.8 Å². The molecule has 0 fully saturated rings. The summed E-state index contributed by atoms with van der Waals surface area (Å²) in [5.41, 5.74) is 13.6. The fraction of sp³-hybridized carbons (Fsp3) is 0.375. The summed E-state index contributed by atoms with van der Waals surface area (Å²) in [6.45, 7) is 0. The first-order chi connectivity index (χ1) is 7.30. The normalized spacial score (nSPS) is 6.53. The van der Waals surface area contributed by atoms with Crippen LogP contribution in [0.1, 0.15) is 10.4 Å². The molecule has 88 valence electrons. The van der Waals surface area contributed by atoms with E-state index in [-0.39, 0.29) is 5.56 Å². The van der Waals surface area contributed by atoms with Crippen LogP contribution in [0.4, 0.5) is 0 Å². The Morgan fingerprint density at radius 3 is 1.60 bits per heavy atom. The lowest BCUT2D eigenvalue weighted by atomic mass is 10.4. The second-order valence-electron chi connectivity index (χ2n) is 1.43. The van der Waals surface area contributed by atoms with E-state index in [2.05, 4.69) is 27.2 Å². The maximum Gasteiger partial charge on any atom is 0.338 e. The largest absolute Gasteiger partial charge is 0.478 e. The van der Waals surface area contributed by atoms with Gasteiger partial charge in [-0.2, -0.15) is 0 Å². The van der Waals surface area contributed by atoms with Crippen molar-refractivity contribution in [2.75, 3.05) is 21.1 Å². The molecular formula is C8H19N5O2. The Morgan fingerprint density at radius 1 is 1.07 bits per heavy atom. The SMILES string of the molecule is CN.CN.CN.O=C(O)c1cncnc1. The maximum absolute atomic E-state index is 10.1. The number of nitrogens with zero attached hydrogens (tertiary/aromatic N) is 2. The lowest BCUT2D eigenvalue weighted by molar-refractivity contribution is 0.0696. The summed E-state index contributed by atoms with van der Waals surface area (Å²) in [5, 5.41) is 8.30. The predicted octanol–water partition coefficient (Wildman–Crippen LogP) is -1.10. The molecule has 0 radical (unpaired) electrons. The minimum Gasteiger partial charge on any atom is -0.478 e. The molecule has 15 heavy (non-hydrogen) atoms. The van der Waals surface area contributed by atoms with Gasteiger partial charge in [0.2, 0.25) is 0 Å². The van der Waals surface area contributed by atoms with Gasteiger partial charge in [-0.3, -0.25) is 0 Å². The lowest BCUT2D eigenvalue weighted by Crippen LogP contribution is -1.96. The highest BCUT2D eigenvalue weighted by Crippen LogP contribution is 1.89. The summed E-state index contributed by atoms with van der Waals surface area (Å²) in [4.78, 5) is 17.1. The molecule has 0 bridgehead atoms. The average molecular weight is 217 g/mol. The van der Waals surface area contributed by atoms with Gasteiger partial charge in [0.05, 0.1) is 5.56 Å². The van der Waals surface area contributed by atoms with Crippen molar-refractivity contribution in [3.63, 3.8) is 0 Å². The van der Waals surface area contributed by atoms with E-state index in [0.717, 1.165) is 0 Å².